The summed E-state index contributed by atoms with van der Waals surface area (Å²) in [6.07, 6.45) is 0. The maximum absolute atomic E-state index is 12.9. The zero-order chi connectivity index (χ0) is 14.5. The number of nitriles is 1. The maximum atomic E-state index is 12.9. The van der Waals surface area contributed by atoms with Gasteiger partial charge in [0.15, 0.2) is 0 Å². The van der Waals surface area contributed by atoms with Crippen LogP contribution >= 0.6 is 11.6 Å². The number of nitrogens with zero attached hydrogens (tertiary/aromatic N) is 1. The third-order valence-electron chi connectivity index (χ3n) is 2.67. The zero-order valence-corrected chi connectivity index (χ0v) is 11.4. The van der Waals surface area contributed by atoms with Crippen molar-refractivity contribution in [1.29, 1.82) is 5.26 Å². The average molecular weight is 292 g/mol. The molecule has 0 aromatic heterocycles. The second kappa shape index (κ2) is 6.27. The lowest BCUT2D eigenvalue weighted by Crippen LogP contribution is -1.98. The normalized spacial score (nSPS) is 9.90. The molecule has 0 heterocycles. The SMILES string of the molecule is COc1cc(COc2ccc(F)cc2Cl)ccc1C#N. The van der Waals surface area contributed by atoms with Crippen molar-refractivity contribution >= 4 is 11.6 Å². The van der Waals surface area contributed by atoms with Gasteiger partial charge in [0.05, 0.1) is 17.7 Å². The lowest BCUT2D eigenvalue weighted by Gasteiger charge is -2.09. The highest BCUT2D eigenvalue weighted by atomic mass is 35.5. The van der Waals surface area contributed by atoms with Gasteiger partial charge in [-0.3, -0.25) is 0 Å². The molecule has 0 radical (unpaired) electrons. The van der Waals surface area contributed by atoms with Crippen LogP contribution in [0, 0.1) is 17.1 Å². The highest BCUT2D eigenvalue weighted by Crippen LogP contribution is 2.26. The molecular formula is C15H11ClFNO2. The summed E-state index contributed by atoms with van der Waals surface area (Å²) in [5.74, 6) is 0.470. The van der Waals surface area contributed by atoms with Crippen LogP contribution in [0.2, 0.25) is 5.02 Å². The van der Waals surface area contributed by atoms with Crippen LogP contribution in [0.25, 0.3) is 0 Å². The van der Waals surface area contributed by atoms with Gasteiger partial charge in [-0.1, -0.05) is 17.7 Å². The van der Waals surface area contributed by atoms with Crippen molar-refractivity contribution in [3.63, 3.8) is 0 Å². The van der Waals surface area contributed by atoms with E-state index in [1.165, 1.54) is 25.3 Å². The van der Waals surface area contributed by atoms with E-state index in [9.17, 15) is 4.39 Å². The quantitative estimate of drug-likeness (QED) is 0.857. The number of rotatable bonds is 4. The molecule has 0 bridgehead atoms. The van der Waals surface area contributed by atoms with Crippen LogP contribution in [0.4, 0.5) is 4.39 Å². The fourth-order valence-corrected chi connectivity index (χ4v) is 1.89. The molecule has 0 saturated carbocycles. The fraction of sp³-hybridized carbons (Fsp3) is 0.133. The van der Waals surface area contributed by atoms with Crippen molar-refractivity contribution in [3.05, 3.63) is 58.4 Å². The molecule has 0 aliphatic rings. The Labute approximate surface area is 121 Å². The van der Waals surface area contributed by atoms with Crippen LogP contribution < -0.4 is 9.47 Å². The van der Waals surface area contributed by atoms with Crippen molar-refractivity contribution < 1.29 is 13.9 Å². The molecule has 102 valence electrons. The van der Waals surface area contributed by atoms with Crippen LogP contribution in [0.3, 0.4) is 0 Å². The van der Waals surface area contributed by atoms with Crippen molar-refractivity contribution in [1.82, 2.24) is 0 Å². The van der Waals surface area contributed by atoms with Gasteiger partial charge in [0.1, 0.15) is 30.0 Å². The molecule has 0 unspecified atom stereocenters. The molecule has 3 nitrogen and oxygen atoms in total. The van der Waals surface area contributed by atoms with E-state index >= 15 is 0 Å². The standard InChI is InChI=1S/C15H11ClFNO2/c1-19-15-6-10(2-3-11(15)8-18)9-20-14-5-4-12(17)7-13(14)16/h2-7H,9H2,1H3. The van der Waals surface area contributed by atoms with E-state index in [-0.39, 0.29) is 11.6 Å². The Morgan fingerprint density at radius 1 is 1.20 bits per heavy atom. The van der Waals surface area contributed by atoms with E-state index in [0.717, 1.165) is 5.56 Å². The van der Waals surface area contributed by atoms with Gasteiger partial charge in [0.2, 0.25) is 0 Å². The monoisotopic (exact) mass is 291 g/mol. The lowest BCUT2D eigenvalue weighted by molar-refractivity contribution is 0.305. The van der Waals surface area contributed by atoms with Crippen molar-refractivity contribution in [3.8, 4) is 17.6 Å². The van der Waals surface area contributed by atoms with Gasteiger partial charge in [-0.05, 0) is 35.9 Å². The molecule has 0 N–H and O–H groups in total. The van der Waals surface area contributed by atoms with E-state index < -0.39 is 5.82 Å². The summed E-state index contributed by atoms with van der Waals surface area (Å²) in [7, 11) is 1.50. The molecule has 2 aromatic rings. The molecule has 0 aliphatic heterocycles. The molecule has 0 fully saturated rings. The van der Waals surface area contributed by atoms with Gasteiger partial charge in [0.25, 0.3) is 0 Å². The Morgan fingerprint density at radius 2 is 2.00 bits per heavy atom. The van der Waals surface area contributed by atoms with Crippen LogP contribution in [-0.2, 0) is 6.61 Å². The Balaban J connectivity index is 2.13. The summed E-state index contributed by atoms with van der Waals surface area (Å²) >= 11 is 5.87. The summed E-state index contributed by atoms with van der Waals surface area (Å²) < 4.78 is 23.5. The van der Waals surface area contributed by atoms with Crippen LogP contribution in [0.5, 0.6) is 11.5 Å². The van der Waals surface area contributed by atoms with Gasteiger partial charge in [-0.2, -0.15) is 5.26 Å². The first-order valence-electron chi connectivity index (χ1n) is 5.79. The van der Waals surface area contributed by atoms with Gasteiger partial charge in [-0.15, -0.1) is 0 Å². The van der Waals surface area contributed by atoms with E-state index in [1.54, 1.807) is 18.2 Å². The fourth-order valence-electron chi connectivity index (χ4n) is 1.67. The topological polar surface area (TPSA) is 42.2 Å². The van der Waals surface area contributed by atoms with Crippen LogP contribution in [0.15, 0.2) is 36.4 Å². The van der Waals surface area contributed by atoms with Gasteiger partial charge >= 0.3 is 0 Å². The minimum absolute atomic E-state index is 0.214. The summed E-state index contributed by atoms with van der Waals surface area (Å²) in [6.45, 7) is 0.243. The first-order valence-corrected chi connectivity index (χ1v) is 6.16. The molecule has 2 rings (SSSR count). The maximum Gasteiger partial charge on any atom is 0.138 e. The summed E-state index contributed by atoms with van der Waals surface area (Å²) in [6, 6.07) is 11.1. The average Bonchev–Trinajstić information content (AvgIpc) is 2.46. The second-order valence-electron chi connectivity index (χ2n) is 4.01. The molecule has 0 saturated heterocycles. The van der Waals surface area contributed by atoms with E-state index in [4.69, 9.17) is 26.3 Å². The van der Waals surface area contributed by atoms with E-state index in [1.807, 2.05) is 6.07 Å². The van der Waals surface area contributed by atoms with Crippen LogP contribution in [-0.4, -0.2) is 7.11 Å². The third kappa shape index (κ3) is 3.19. The molecule has 0 aliphatic carbocycles. The molecule has 2 aromatic carbocycles. The molecular weight excluding hydrogens is 281 g/mol. The van der Waals surface area contributed by atoms with Crippen molar-refractivity contribution in [2.24, 2.45) is 0 Å². The summed E-state index contributed by atoms with van der Waals surface area (Å²) in [5, 5.41) is 9.11. The summed E-state index contributed by atoms with van der Waals surface area (Å²) in [4.78, 5) is 0. The second-order valence-corrected chi connectivity index (χ2v) is 4.42. The number of halogens is 2. The number of benzene rings is 2. The smallest absolute Gasteiger partial charge is 0.138 e. The number of hydrogen-bond donors (Lipinski definition) is 0. The van der Waals surface area contributed by atoms with Crippen molar-refractivity contribution in [2.45, 2.75) is 6.61 Å². The summed E-state index contributed by atoms with van der Waals surface area (Å²) in [5.41, 5.74) is 1.28. The first kappa shape index (κ1) is 14.2. The molecule has 5 heteroatoms. The highest BCUT2D eigenvalue weighted by molar-refractivity contribution is 6.32. The Hall–Kier alpha value is -2.25. The predicted molar refractivity (Wildman–Crippen MR) is 73.5 cm³/mol. The molecule has 0 spiro atoms. The van der Waals surface area contributed by atoms with Gasteiger partial charge < -0.3 is 9.47 Å². The largest absolute Gasteiger partial charge is 0.495 e. The Bertz CT molecular complexity index is 667. The Kier molecular flexibility index (Phi) is 4.44. The Morgan fingerprint density at radius 3 is 2.65 bits per heavy atom. The van der Waals surface area contributed by atoms with Crippen molar-refractivity contribution in [2.75, 3.05) is 7.11 Å². The highest BCUT2D eigenvalue weighted by Gasteiger charge is 2.06. The third-order valence-corrected chi connectivity index (χ3v) is 2.97. The minimum Gasteiger partial charge on any atom is -0.495 e. The first-order chi connectivity index (χ1) is 9.63. The minimum atomic E-state index is -0.414. The number of hydrogen-bond acceptors (Lipinski definition) is 3. The molecule has 0 atom stereocenters. The lowest BCUT2D eigenvalue weighted by atomic mass is 10.1. The van der Waals surface area contributed by atoms with Crippen LogP contribution in [0.1, 0.15) is 11.1 Å². The predicted octanol–water partition coefficient (Wildman–Crippen LogP) is 3.94. The van der Waals surface area contributed by atoms with E-state index in [2.05, 4.69) is 0 Å². The number of ether oxygens (including phenoxy) is 2. The molecule has 20 heavy (non-hydrogen) atoms. The van der Waals surface area contributed by atoms with Gasteiger partial charge in [0, 0.05) is 0 Å². The van der Waals surface area contributed by atoms with E-state index in [0.29, 0.717) is 17.1 Å². The van der Waals surface area contributed by atoms with Gasteiger partial charge in [-0.25, -0.2) is 4.39 Å². The number of methoxy groups -OCH3 is 1. The molecule has 0 amide bonds. The zero-order valence-electron chi connectivity index (χ0n) is 10.7.